The minimum atomic E-state index is -0.305. The van der Waals surface area contributed by atoms with E-state index in [2.05, 4.69) is 23.8 Å². The second kappa shape index (κ2) is 6.13. The third kappa shape index (κ3) is 2.88. The van der Waals surface area contributed by atoms with Crippen molar-refractivity contribution in [2.45, 2.75) is 19.9 Å². The highest BCUT2D eigenvalue weighted by molar-refractivity contribution is 5.99. The largest absolute Gasteiger partial charge is 0.462 e. The Kier molecular flexibility index (Phi) is 4.49. The first-order valence-electron chi connectivity index (χ1n) is 7.05. The summed E-state index contributed by atoms with van der Waals surface area (Å²) in [7, 11) is 2.11. The molecule has 2 rings (SSSR count). The number of esters is 1. The maximum atomic E-state index is 12.1. The number of anilines is 2. The van der Waals surface area contributed by atoms with E-state index in [9.17, 15) is 4.79 Å². The molecule has 1 unspecified atom stereocenters. The van der Waals surface area contributed by atoms with Crippen molar-refractivity contribution in [2.24, 2.45) is 0 Å². The lowest BCUT2D eigenvalue weighted by molar-refractivity contribution is 0.0527. The van der Waals surface area contributed by atoms with Crippen LogP contribution in [-0.4, -0.2) is 50.2 Å². The lowest BCUT2D eigenvalue weighted by Gasteiger charge is -2.40. The summed E-state index contributed by atoms with van der Waals surface area (Å²) in [6.07, 6.45) is 0. The van der Waals surface area contributed by atoms with Crippen molar-refractivity contribution in [3.05, 3.63) is 23.8 Å². The van der Waals surface area contributed by atoms with Crippen LogP contribution in [0, 0.1) is 0 Å². The van der Waals surface area contributed by atoms with Crippen LogP contribution in [-0.2, 0) is 4.74 Å². The van der Waals surface area contributed by atoms with E-state index < -0.39 is 0 Å². The molecule has 0 amide bonds. The number of carbonyl (C=O) groups is 1. The molecule has 110 valence electrons. The van der Waals surface area contributed by atoms with Crippen LogP contribution >= 0.6 is 0 Å². The van der Waals surface area contributed by atoms with Gasteiger partial charge in [-0.05, 0) is 33.0 Å². The third-order valence-corrected chi connectivity index (χ3v) is 3.68. The van der Waals surface area contributed by atoms with Gasteiger partial charge in [0, 0.05) is 25.7 Å². The van der Waals surface area contributed by atoms with Gasteiger partial charge in [-0.25, -0.2) is 4.79 Å². The molecular formula is C15H23N3O2. The van der Waals surface area contributed by atoms with Gasteiger partial charge in [0.25, 0.3) is 0 Å². The van der Waals surface area contributed by atoms with Gasteiger partial charge in [-0.15, -0.1) is 0 Å². The highest BCUT2D eigenvalue weighted by atomic mass is 16.5. The number of piperazine rings is 1. The summed E-state index contributed by atoms with van der Waals surface area (Å²) in [5.74, 6) is -0.305. The molecule has 1 aliphatic heterocycles. The first kappa shape index (κ1) is 14.7. The van der Waals surface area contributed by atoms with Gasteiger partial charge in [0.2, 0.25) is 0 Å². The standard InChI is InChI=1S/C15H23N3O2/c1-4-20-15(19)12-6-5-7-13(16)14(12)18-9-8-17(3)10-11(18)2/h5-7,11H,4,8-10,16H2,1-3H3. The van der Waals surface area contributed by atoms with Crippen molar-refractivity contribution in [3.63, 3.8) is 0 Å². The summed E-state index contributed by atoms with van der Waals surface area (Å²) < 4.78 is 5.14. The molecule has 0 bridgehead atoms. The molecule has 5 heteroatoms. The smallest absolute Gasteiger partial charge is 0.340 e. The topological polar surface area (TPSA) is 58.8 Å². The lowest BCUT2D eigenvalue weighted by Crippen LogP contribution is -2.51. The van der Waals surface area contributed by atoms with E-state index in [1.807, 2.05) is 13.0 Å². The second-order valence-electron chi connectivity index (χ2n) is 5.27. The highest BCUT2D eigenvalue weighted by Crippen LogP contribution is 2.31. The van der Waals surface area contributed by atoms with Crippen molar-refractivity contribution in [3.8, 4) is 0 Å². The average Bonchev–Trinajstić information content (AvgIpc) is 2.40. The van der Waals surface area contributed by atoms with Crippen molar-refractivity contribution in [2.75, 3.05) is 43.9 Å². The van der Waals surface area contributed by atoms with Crippen molar-refractivity contribution in [1.29, 1.82) is 0 Å². The number of benzene rings is 1. The van der Waals surface area contributed by atoms with Gasteiger partial charge in [-0.3, -0.25) is 0 Å². The second-order valence-corrected chi connectivity index (χ2v) is 5.27. The summed E-state index contributed by atoms with van der Waals surface area (Å²) in [5.41, 5.74) is 8.12. The van der Waals surface area contributed by atoms with Crippen LogP contribution in [0.4, 0.5) is 11.4 Å². The normalized spacial score (nSPS) is 19.9. The van der Waals surface area contributed by atoms with Gasteiger partial charge in [0.15, 0.2) is 0 Å². The van der Waals surface area contributed by atoms with E-state index in [-0.39, 0.29) is 5.97 Å². The van der Waals surface area contributed by atoms with Gasteiger partial charge < -0.3 is 20.3 Å². The van der Waals surface area contributed by atoms with E-state index in [1.54, 1.807) is 12.1 Å². The maximum absolute atomic E-state index is 12.1. The van der Waals surface area contributed by atoms with Crippen LogP contribution in [0.3, 0.4) is 0 Å². The molecule has 1 saturated heterocycles. The number of nitrogens with two attached hydrogens (primary N) is 1. The molecule has 20 heavy (non-hydrogen) atoms. The Morgan fingerprint density at radius 3 is 2.85 bits per heavy atom. The molecule has 0 spiro atoms. The molecule has 1 fully saturated rings. The van der Waals surface area contributed by atoms with Gasteiger partial charge in [-0.1, -0.05) is 6.07 Å². The first-order chi connectivity index (χ1) is 9.54. The molecule has 0 aromatic heterocycles. The molecule has 2 N–H and O–H groups in total. The van der Waals surface area contributed by atoms with Crippen LogP contribution in [0.25, 0.3) is 0 Å². The minimum absolute atomic E-state index is 0.305. The molecule has 1 aromatic carbocycles. The quantitative estimate of drug-likeness (QED) is 0.671. The number of likely N-dealkylation sites (N-methyl/N-ethyl adjacent to an activating group) is 1. The molecule has 1 aliphatic rings. The Morgan fingerprint density at radius 1 is 1.45 bits per heavy atom. The van der Waals surface area contributed by atoms with E-state index in [0.29, 0.717) is 23.9 Å². The van der Waals surface area contributed by atoms with Crippen LogP contribution in [0.2, 0.25) is 0 Å². The van der Waals surface area contributed by atoms with E-state index in [0.717, 1.165) is 25.3 Å². The van der Waals surface area contributed by atoms with Gasteiger partial charge >= 0.3 is 5.97 Å². The third-order valence-electron chi connectivity index (χ3n) is 3.68. The van der Waals surface area contributed by atoms with Crippen LogP contribution < -0.4 is 10.6 Å². The average molecular weight is 277 g/mol. The number of nitrogens with zero attached hydrogens (tertiary/aromatic N) is 2. The molecular weight excluding hydrogens is 254 g/mol. The summed E-state index contributed by atoms with van der Waals surface area (Å²) in [4.78, 5) is 16.6. The minimum Gasteiger partial charge on any atom is -0.462 e. The van der Waals surface area contributed by atoms with Crippen molar-refractivity contribution in [1.82, 2.24) is 4.90 Å². The zero-order valence-corrected chi connectivity index (χ0v) is 12.4. The predicted octanol–water partition coefficient (Wildman–Crippen LogP) is 1.59. The van der Waals surface area contributed by atoms with E-state index in [1.165, 1.54) is 0 Å². The van der Waals surface area contributed by atoms with Crippen LogP contribution in [0.5, 0.6) is 0 Å². The molecule has 5 nitrogen and oxygen atoms in total. The molecule has 1 aromatic rings. The Balaban J connectivity index is 2.37. The number of carbonyl (C=O) groups excluding carboxylic acids is 1. The predicted molar refractivity (Wildman–Crippen MR) is 81.1 cm³/mol. The molecule has 0 saturated carbocycles. The monoisotopic (exact) mass is 277 g/mol. The number of hydrogen-bond donors (Lipinski definition) is 1. The maximum Gasteiger partial charge on any atom is 0.340 e. The van der Waals surface area contributed by atoms with Crippen molar-refractivity contribution < 1.29 is 9.53 Å². The Morgan fingerprint density at radius 2 is 2.20 bits per heavy atom. The fraction of sp³-hybridized carbons (Fsp3) is 0.533. The molecule has 0 radical (unpaired) electrons. The van der Waals surface area contributed by atoms with Gasteiger partial charge in [0.1, 0.15) is 0 Å². The van der Waals surface area contributed by atoms with Gasteiger partial charge in [0.05, 0.1) is 23.5 Å². The highest BCUT2D eigenvalue weighted by Gasteiger charge is 2.27. The molecule has 1 atom stereocenters. The number of nitrogen functional groups attached to an aromatic ring is 1. The number of ether oxygens (including phenoxy) is 1. The SMILES string of the molecule is CCOC(=O)c1cccc(N)c1N1CCN(C)CC1C. The zero-order chi connectivity index (χ0) is 14.7. The summed E-state index contributed by atoms with van der Waals surface area (Å²) in [5, 5.41) is 0. The summed E-state index contributed by atoms with van der Waals surface area (Å²) in [6, 6.07) is 5.73. The Bertz CT molecular complexity index is 490. The van der Waals surface area contributed by atoms with E-state index in [4.69, 9.17) is 10.5 Å². The Labute approximate surface area is 120 Å². The summed E-state index contributed by atoms with van der Waals surface area (Å²) in [6.45, 7) is 7.10. The number of rotatable bonds is 3. The fourth-order valence-electron chi connectivity index (χ4n) is 2.73. The van der Waals surface area contributed by atoms with E-state index >= 15 is 0 Å². The van der Waals surface area contributed by atoms with Gasteiger partial charge in [-0.2, -0.15) is 0 Å². The van der Waals surface area contributed by atoms with Crippen LogP contribution in [0.1, 0.15) is 24.2 Å². The molecule has 0 aliphatic carbocycles. The summed E-state index contributed by atoms with van der Waals surface area (Å²) >= 11 is 0. The van der Waals surface area contributed by atoms with Crippen molar-refractivity contribution >= 4 is 17.3 Å². The number of hydrogen-bond acceptors (Lipinski definition) is 5. The first-order valence-corrected chi connectivity index (χ1v) is 7.05. The molecule has 1 heterocycles. The zero-order valence-electron chi connectivity index (χ0n) is 12.4. The number of para-hydroxylation sites is 1. The fourth-order valence-corrected chi connectivity index (χ4v) is 2.73. The van der Waals surface area contributed by atoms with Crippen LogP contribution in [0.15, 0.2) is 18.2 Å². The Hall–Kier alpha value is -1.75. The lowest BCUT2D eigenvalue weighted by atomic mass is 10.1.